The quantitative estimate of drug-likeness (QED) is 0.184. The van der Waals surface area contributed by atoms with Crippen molar-refractivity contribution in [2.45, 2.75) is 12.4 Å². The molecule has 2 aromatic rings. The molecule has 2 aliphatic carbocycles. The van der Waals surface area contributed by atoms with E-state index in [2.05, 4.69) is 4.74 Å². The highest BCUT2D eigenvalue weighted by Crippen LogP contribution is 2.47. The van der Waals surface area contributed by atoms with Crippen molar-refractivity contribution < 1.29 is 64.5 Å². The molecule has 4 atom stereocenters. The number of rotatable bonds is 5. The molecule has 2 fully saturated rings. The standard InChI is InChI=1S/C30H16F6O8/c31-29(32,33)14-10-13(11-15(12-14)30(34,35)36)22-18(41-20-6-1-4-16-23(20)27(39)43-25(16)37)8-3-9-19(22)42-21-7-2-5-17-24(21)28(40)44-26(17)38/h1-12,16-17,23-24H/p+1. The second kappa shape index (κ2) is 10.2. The fourth-order valence-corrected chi connectivity index (χ4v) is 5.27. The maximum atomic E-state index is 13.8. The summed E-state index contributed by atoms with van der Waals surface area (Å²) in [6.45, 7) is 0. The Morgan fingerprint density at radius 3 is 1.73 bits per heavy atom. The molecule has 6 rings (SSSR count). The third kappa shape index (κ3) is 5.05. The largest absolute Gasteiger partial charge is 0.500 e. The molecule has 226 valence electrons. The van der Waals surface area contributed by atoms with Crippen LogP contribution in [0.2, 0.25) is 0 Å². The predicted molar refractivity (Wildman–Crippen MR) is 136 cm³/mol. The van der Waals surface area contributed by atoms with Gasteiger partial charge in [-0.2, -0.15) is 26.3 Å². The maximum Gasteiger partial charge on any atom is 0.500 e. The Bertz CT molecular complexity index is 1630. The van der Waals surface area contributed by atoms with Gasteiger partial charge in [0.05, 0.1) is 22.6 Å². The van der Waals surface area contributed by atoms with Gasteiger partial charge in [0.15, 0.2) is 11.8 Å². The van der Waals surface area contributed by atoms with Crippen molar-refractivity contribution in [1.29, 1.82) is 0 Å². The molecule has 1 N–H and O–H groups in total. The molecule has 4 aliphatic rings. The van der Waals surface area contributed by atoms with Gasteiger partial charge in [0.2, 0.25) is 0 Å². The minimum absolute atomic E-state index is 0.0428. The number of benzene rings is 2. The van der Waals surface area contributed by atoms with Gasteiger partial charge >= 0.3 is 36.2 Å². The van der Waals surface area contributed by atoms with E-state index < -0.39 is 82.2 Å². The van der Waals surface area contributed by atoms with Crippen molar-refractivity contribution in [3.05, 3.63) is 95.5 Å². The molecule has 0 spiro atoms. The van der Waals surface area contributed by atoms with E-state index in [1.54, 1.807) is 0 Å². The van der Waals surface area contributed by atoms with Gasteiger partial charge in [-0.05, 0) is 48.0 Å². The summed E-state index contributed by atoms with van der Waals surface area (Å²) in [4.78, 5) is 47.0. The summed E-state index contributed by atoms with van der Waals surface area (Å²) in [6.07, 6.45) is -2.10. The molecule has 0 radical (unpaired) electrons. The number of carbonyl (C=O) groups excluding carboxylic acids is 4. The monoisotopic (exact) mass is 619 g/mol. The summed E-state index contributed by atoms with van der Waals surface area (Å²) < 4.78 is 104. The summed E-state index contributed by atoms with van der Waals surface area (Å²) >= 11 is 0. The fourth-order valence-electron chi connectivity index (χ4n) is 5.27. The second-order valence-electron chi connectivity index (χ2n) is 10.0. The van der Waals surface area contributed by atoms with Gasteiger partial charge < -0.3 is 19.0 Å². The number of carbonyl (C=O) groups is 3. The Morgan fingerprint density at radius 2 is 1.18 bits per heavy atom. The van der Waals surface area contributed by atoms with Crippen LogP contribution in [0.5, 0.6) is 11.5 Å². The average molecular weight is 619 g/mol. The number of hydrogen-bond acceptors (Lipinski definition) is 7. The first-order valence-corrected chi connectivity index (χ1v) is 12.8. The van der Waals surface area contributed by atoms with Crippen molar-refractivity contribution in [3.63, 3.8) is 0 Å². The van der Waals surface area contributed by atoms with Crippen molar-refractivity contribution in [3.8, 4) is 22.6 Å². The van der Waals surface area contributed by atoms with Gasteiger partial charge in [0.25, 0.3) is 0 Å². The molecule has 2 heterocycles. The van der Waals surface area contributed by atoms with Gasteiger partial charge in [-0.15, -0.1) is 0 Å². The first kappa shape index (κ1) is 29.0. The van der Waals surface area contributed by atoms with Crippen molar-refractivity contribution in [1.82, 2.24) is 0 Å². The Balaban J connectivity index is 1.51. The molecule has 14 heteroatoms. The van der Waals surface area contributed by atoms with Gasteiger partial charge in [-0.25, -0.2) is 9.53 Å². The number of esters is 4. The van der Waals surface area contributed by atoms with Crippen molar-refractivity contribution in [2.24, 2.45) is 23.7 Å². The lowest BCUT2D eigenvalue weighted by molar-refractivity contribution is -0.153. The SMILES string of the molecule is O=C1OC(=O)C2C(Oc3cccc(OC4=CC=CC5C(=[OH+])OC(=O)C45)c3-c3cc(C(F)(F)F)cc(C(F)(F)F)c3)=CC=CC12. The van der Waals surface area contributed by atoms with Crippen LogP contribution in [0.3, 0.4) is 0 Å². The summed E-state index contributed by atoms with van der Waals surface area (Å²) in [7, 11) is 0. The Kier molecular flexibility index (Phi) is 6.74. The zero-order chi connectivity index (χ0) is 31.6. The van der Waals surface area contributed by atoms with Crippen LogP contribution in [-0.2, 0) is 36.2 Å². The lowest BCUT2D eigenvalue weighted by Crippen LogP contribution is -2.24. The minimum atomic E-state index is -5.18. The van der Waals surface area contributed by atoms with Crippen LogP contribution in [0.4, 0.5) is 26.3 Å². The zero-order valence-electron chi connectivity index (χ0n) is 21.8. The highest BCUT2D eigenvalue weighted by Gasteiger charge is 2.55. The second-order valence-corrected chi connectivity index (χ2v) is 10.0. The number of hydrogen-bond donors (Lipinski definition) is 0. The van der Waals surface area contributed by atoms with Crippen molar-refractivity contribution in [2.75, 3.05) is 0 Å². The molecule has 2 saturated heterocycles. The summed E-state index contributed by atoms with van der Waals surface area (Å²) in [5.41, 5.74) is -4.27. The van der Waals surface area contributed by atoms with Gasteiger partial charge in [0.1, 0.15) is 28.9 Å². The average Bonchev–Trinajstić information content (AvgIpc) is 3.42. The third-order valence-corrected chi connectivity index (χ3v) is 7.28. The topological polar surface area (TPSA) is 110 Å². The van der Waals surface area contributed by atoms with Crippen molar-refractivity contribution >= 4 is 23.9 Å². The van der Waals surface area contributed by atoms with Gasteiger partial charge in [-0.3, -0.25) is 9.59 Å². The predicted octanol–water partition coefficient (Wildman–Crippen LogP) is 5.66. The van der Waals surface area contributed by atoms with Crippen LogP contribution in [0.1, 0.15) is 11.1 Å². The third-order valence-electron chi connectivity index (χ3n) is 7.28. The van der Waals surface area contributed by atoms with Crippen LogP contribution in [0, 0.1) is 23.7 Å². The molecule has 44 heavy (non-hydrogen) atoms. The molecule has 8 nitrogen and oxygen atoms in total. The van der Waals surface area contributed by atoms with E-state index in [4.69, 9.17) is 14.2 Å². The smallest absolute Gasteiger partial charge is 0.460 e. The lowest BCUT2D eigenvalue weighted by Gasteiger charge is -2.24. The van der Waals surface area contributed by atoms with E-state index in [0.29, 0.717) is 12.1 Å². The number of ether oxygens (including phenoxy) is 4. The number of halogens is 6. The van der Waals surface area contributed by atoms with E-state index in [0.717, 1.165) is 0 Å². The van der Waals surface area contributed by atoms with Crippen LogP contribution >= 0.6 is 0 Å². The number of alkyl halides is 6. The summed E-state index contributed by atoms with van der Waals surface area (Å²) in [6, 6.07) is 4.65. The molecule has 0 amide bonds. The van der Waals surface area contributed by atoms with Gasteiger partial charge in [-0.1, -0.05) is 30.4 Å². The van der Waals surface area contributed by atoms with E-state index in [-0.39, 0.29) is 29.1 Å². The van der Waals surface area contributed by atoms with Crippen LogP contribution in [0.25, 0.3) is 11.1 Å². The minimum Gasteiger partial charge on any atom is -0.460 e. The molecular formula is C30H17F6O8+. The number of cyclic esters (lactones) is 4. The first-order valence-electron chi connectivity index (χ1n) is 12.8. The maximum absolute atomic E-state index is 13.8. The van der Waals surface area contributed by atoms with E-state index in [1.165, 1.54) is 54.7 Å². The zero-order valence-corrected chi connectivity index (χ0v) is 21.8. The molecule has 2 aliphatic heterocycles. The molecule has 0 saturated carbocycles. The molecular weight excluding hydrogens is 602 g/mol. The highest BCUT2D eigenvalue weighted by atomic mass is 19.4. The van der Waals surface area contributed by atoms with E-state index in [9.17, 15) is 45.5 Å². The van der Waals surface area contributed by atoms with E-state index in [1.807, 2.05) is 0 Å². The van der Waals surface area contributed by atoms with Crippen LogP contribution in [-0.4, -0.2) is 28.7 Å². The fraction of sp³-hybridized carbons (Fsp3) is 0.200. The highest BCUT2D eigenvalue weighted by molar-refractivity contribution is 6.00. The van der Waals surface area contributed by atoms with Gasteiger partial charge in [0, 0.05) is 0 Å². The van der Waals surface area contributed by atoms with E-state index >= 15 is 0 Å². The Morgan fingerprint density at radius 1 is 0.682 bits per heavy atom. The Labute approximate surface area is 242 Å². The molecule has 0 aromatic heterocycles. The first-order chi connectivity index (χ1) is 20.7. The molecule has 4 unspecified atom stereocenters. The lowest BCUT2D eigenvalue weighted by atomic mass is 9.88. The number of allylic oxidation sites excluding steroid dienone is 4. The Hall–Kier alpha value is -5.14. The summed E-state index contributed by atoms with van der Waals surface area (Å²) in [5, 5.41) is 0. The van der Waals surface area contributed by atoms with Crippen LogP contribution < -0.4 is 9.47 Å². The number of fused-ring (bicyclic) bond motifs is 2. The normalized spacial score (nSPS) is 24.3. The van der Waals surface area contributed by atoms with Crippen LogP contribution in [0.15, 0.2) is 84.4 Å². The molecule has 2 aromatic carbocycles. The molecule has 0 bridgehead atoms. The summed E-state index contributed by atoms with van der Waals surface area (Å²) in [5.74, 6) is -8.72.